The molecule has 5 atom stereocenters. The number of halogens is 3. The van der Waals surface area contributed by atoms with Crippen LogP contribution in [0.4, 0.5) is 13.2 Å². The van der Waals surface area contributed by atoms with Gasteiger partial charge in [-0.3, -0.25) is 0 Å². The molecule has 6 nitrogen and oxygen atoms in total. The number of methoxy groups -OCH3 is 1. The van der Waals surface area contributed by atoms with Gasteiger partial charge in [0, 0.05) is 18.1 Å². The van der Waals surface area contributed by atoms with E-state index < -0.39 is 48.0 Å². The SMILES string of the molecule is CO[C@H]1O[C@H](COCc2ccccc2)[C@H](OCc2ccccc2)[C@H](c2nc(-c3cc(F)c(F)c(F)c3)cs2)[C@H]1OCc1ccccc1. The van der Waals surface area contributed by atoms with Crippen molar-refractivity contribution in [1.82, 2.24) is 4.98 Å². The van der Waals surface area contributed by atoms with Crippen LogP contribution < -0.4 is 0 Å². The van der Waals surface area contributed by atoms with Gasteiger partial charge in [0.05, 0.1) is 44.1 Å². The lowest BCUT2D eigenvalue weighted by atomic mass is 9.88. The highest BCUT2D eigenvalue weighted by Crippen LogP contribution is 2.41. The van der Waals surface area contributed by atoms with Gasteiger partial charge in [0.1, 0.15) is 17.2 Å². The first-order valence-electron chi connectivity index (χ1n) is 15.2. The highest BCUT2D eigenvalue weighted by Gasteiger charge is 2.50. The number of nitrogens with zero attached hydrogens (tertiary/aromatic N) is 1. The Labute approximate surface area is 275 Å². The Kier molecular flexibility index (Phi) is 11.1. The van der Waals surface area contributed by atoms with E-state index in [1.807, 2.05) is 91.0 Å². The van der Waals surface area contributed by atoms with Gasteiger partial charge >= 0.3 is 0 Å². The van der Waals surface area contributed by atoms with E-state index in [2.05, 4.69) is 0 Å². The highest BCUT2D eigenvalue weighted by atomic mass is 32.1. The second kappa shape index (κ2) is 15.8. The molecule has 10 heteroatoms. The van der Waals surface area contributed by atoms with Gasteiger partial charge in [0.15, 0.2) is 23.7 Å². The van der Waals surface area contributed by atoms with Crippen molar-refractivity contribution in [2.75, 3.05) is 13.7 Å². The van der Waals surface area contributed by atoms with Crippen LogP contribution in [-0.4, -0.2) is 43.3 Å². The first-order valence-corrected chi connectivity index (χ1v) is 16.1. The van der Waals surface area contributed by atoms with Crippen LogP contribution in [-0.2, 0) is 43.5 Å². The normalized spacial score (nSPS) is 21.1. The molecule has 0 spiro atoms. The predicted octanol–water partition coefficient (Wildman–Crippen LogP) is 8.07. The molecule has 1 fully saturated rings. The highest BCUT2D eigenvalue weighted by molar-refractivity contribution is 7.10. The minimum atomic E-state index is -1.53. The van der Waals surface area contributed by atoms with Gasteiger partial charge < -0.3 is 23.7 Å². The summed E-state index contributed by atoms with van der Waals surface area (Å²) in [5.41, 5.74) is 3.34. The summed E-state index contributed by atoms with van der Waals surface area (Å²) in [6.45, 7) is 1.09. The predicted molar refractivity (Wildman–Crippen MR) is 172 cm³/mol. The molecule has 0 amide bonds. The lowest BCUT2D eigenvalue weighted by molar-refractivity contribution is -0.291. The van der Waals surface area contributed by atoms with Gasteiger partial charge in [-0.05, 0) is 28.8 Å². The Balaban J connectivity index is 1.35. The molecule has 6 rings (SSSR count). The Morgan fingerprint density at radius 1 is 0.723 bits per heavy atom. The van der Waals surface area contributed by atoms with Crippen LogP contribution >= 0.6 is 11.3 Å². The topological polar surface area (TPSA) is 59.0 Å². The number of hydrogen-bond acceptors (Lipinski definition) is 7. The van der Waals surface area contributed by atoms with Crippen molar-refractivity contribution in [3.05, 3.63) is 148 Å². The molecule has 1 aliphatic rings. The Hall–Kier alpha value is -3.90. The second-order valence-electron chi connectivity index (χ2n) is 11.2. The molecule has 0 radical (unpaired) electrons. The van der Waals surface area contributed by atoms with Crippen LogP contribution in [0.5, 0.6) is 0 Å². The maximum atomic E-state index is 14.2. The molecule has 5 aromatic rings. The summed E-state index contributed by atoms with van der Waals surface area (Å²) in [7, 11) is 1.55. The van der Waals surface area contributed by atoms with Gasteiger partial charge in [-0.15, -0.1) is 11.3 Å². The molecule has 0 bridgehead atoms. The van der Waals surface area contributed by atoms with Crippen molar-refractivity contribution < 1.29 is 36.9 Å². The molecule has 1 aromatic heterocycles. The Morgan fingerprint density at radius 2 is 1.26 bits per heavy atom. The van der Waals surface area contributed by atoms with Gasteiger partial charge in [-0.25, -0.2) is 18.2 Å². The fourth-order valence-corrected chi connectivity index (χ4v) is 6.59. The lowest BCUT2D eigenvalue weighted by Gasteiger charge is -2.45. The van der Waals surface area contributed by atoms with Crippen LogP contribution in [0.1, 0.15) is 27.6 Å². The molecule has 4 aromatic carbocycles. The van der Waals surface area contributed by atoms with E-state index in [0.717, 1.165) is 28.8 Å². The number of ether oxygens (including phenoxy) is 5. The molecular formula is C37H34F3NO5S. The number of rotatable bonds is 13. The van der Waals surface area contributed by atoms with Crippen LogP contribution in [0.25, 0.3) is 11.3 Å². The molecule has 0 unspecified atom stereocenters. The number of thiazole rings is 1. The van der Waals surface area contributed by atoms with Crippen molar-refractivity contribution in [2.45, 2.75) is 50.3 Å². The summed E-state index contributed by atoms with van der Waals surface area (Å²) < 4.78 is 73.9. The van der Waals surface area contributed by atoms with Crippen molar-refractivity contribution in [1.29, 1.82) is 0 Å². The van der Waals surface area contributed by atoms with E-state index in [1.165, 1.54) is 11.3 Å². The van der Waals surface area contributed by atoms with Gasteiger partial charge in [0.2, 0.25) is 0 Å². The third kappa shape index (κ3) is 8.16. The zero-order chi connectivity index (χ0) is 32.6. The number of benzene rings is 4. The van der Waals surface area contributed by atoms with E-state index in [9.17, 15) is 13.2 Å². The molecule has 1 aliphatic heterocycles. The van der Waals surface area contributed by atoms with Crippen molar-refractivity contribution in [3.63, 3.8) is 0 Å². The first kappa shape index (κ1) is 33.0. The zero-order valence-electron chi connectivity index (χ0n) is 25.6. The van der Waals surface area contributed by atoms with Crippen LogP contribution in [0.2, 0.25) is 0 Å². The average Bonchev–Trinajstić information content (AvgIpc) is 3.60. The van der Waals surface area contributed by atoms with E-state index in [-0.39, 0.29) is 25.4 Å². The maximum absolute atomic E-state index is 14.2. The largest absolute Gasteiger partial charge is 0.374 e. The molecule has 47 heavy (non-hydrogen) atoms. The summed E-state index contributed by atoms with van der Waals surface area (Å²) in [6, 6.07) is 31.2. The van der Waals surface area contributed by atoms with Crippen molar-refractivity contribution in [3.8, 4) is 11.3 Å². The smallest absolute Gasteiger partial charge is 0.194 e. The third-order valence-corrected chi connectivity index (χ3v) is 8.88. The number of hydrogen-bond donors (Lipinski definition) is 0. The Bertz CT molecular complexity index is 1690. The van der Waals surface area contributed by atoms with Crippen LogP contribution in [0.3, 0.4) is 0 Å². The summed E-state index contributed by atoms with van der Waals surface area (Å²) in [5.74, 6) is -4.65. The first-order chi connectivity index (χ1) is 23.0. The molecule has 0 N–H and O–H groups in total. The maximum Gasteiger partial charge on any atom is 0.194 e. The quantitative estimate of drug-likeness (QED) is 0.119. The molecular weight excluding hydrogens is 627 g/mol. The summed E-state index contributed by atoms with van der Waals surface area (Å²) >= 11 is 1.29. The lowest BCUT2D eigenvalue weighted by Crippen LogP contribution is -2.56. The average molecular weight is 662 g/mol. The van der Waals surface area contributed by atoms with Gasteiger partial charge in [-0.2, -0.15) is 0 Å². The van der Waals surface area contributed by atoms with E-state index in [1.54, 1.807) is 12.5 Å². The summed E-state index contributed by atoms with van der Waals surface area (Å²) in [6.07, 6.45) is -2.73. The second-order valence-corrected chi connectivity index (χ2v) is 12.0. The molecule has 0 aliphatic carbocycles. The summed E-state index contributed by atoms with van der Waals surface area (Å²) in [4.78, 5) is 4.81. The fraction of sp³-hybridized carbons (Fsp3) is 0.270. The molecule has 244 valence electrons. The molecule has 1 saturated heterocycles. The standard InChI is InChI=1S/C37H34F3NO5S/c1-42-37-35(45-21-26-15-9-4-10-16-26)32(36-41-30(23-47-36)27-17-28(38)33(40)29(39)18-27)34(44-20-25-13-7-3-8-14-25)31(46-37)22-43-19-24-11-5-2-6-12-24/h2-18,23,31-32,34-35,37H,19-22H2,1H3/t31-,32+,34+,35-,37+/m1/s1. The molecule has 2 heterocycles. The zero-order valence-corrected chi connectivity index (χ0v) is 26.5. The molecule has 0 saturated carbocycles. The van der Waals surface area contributed by atoms with E-state index >= 15 is 0 Å². The minimum Gasteiger partial charge on any atom is -0.374 e. The van der Waals surface area contributed by atoms with Gasteiger partial charge in [0.25, 0.3) is 0 Å². The third-order valence-electron chi connectivity index (χ3n) is 7.93. The number of aromatic nitrogens is 1. The van der Waals surface area contributed by atoms with Crippen LogP contribution in [0, 0.1) is 17.5 Å². The minimum absolute atomic E-state index is 0.116. The Morgan fingerprint density at radius 3 is 1.81 bits per heavy atom. The fourth-order valence-electron chi connectivity index (χ4n) is 5.59. The van der Waals surface area contributed by atoms with Gasteiger partial charge in [-0.1, -0.05) is 91.0 Å². The monoisotopic (exact) mass is 661 g/mol. The summed E-state index contributed by atoms with van der Waals surface area (Å²) in [5, 5.41) is 2.27. The van der Waals surface area contributed by atoms with Crippen molar-refractivity contribution in [2.24, 2.45) is 0 Å². The van der Waals surface area contributed by atoms with E-state index in [0.29, 0.717) is 17.3 Å². The van der Waals surface area contributed by atoms with Crippen LogP contribution in [0.15, 0.2) is 109 Å². The van der Waals surface area contributed by atoms with E-state index in [4.69, 9.17) is 28.7 Å². The van der Waals surface area contributed by atoms with Crippen molar-refractivity contribution >= 4 is 11.3 Å².